The average Bonchev–Trinajstić information content (AvgIpc) is 2.62. The van der Waals surface area contributed by atoms with E-state index in [0.29, 0.717) is 6.54 Å². The van der Waals surface area contributed by atoms with Crippen LogP contribution in [0.4, 0.5) is 0 Å². The van der Waals surface area contributed by atoms with Crippen LogP contribution in [-0.4, -0.2) is 41.1 Å². The fourth-order valence-corrected chi connectivity index (χ4v) is 1.36. The summed E-state index contributed by atoms with van der Waals surface area (Å²) in [5.74, 6) is -0.702. The van der Waals surface area contributed by atoms with Crippen LogP contribution in [0.3, 0.4) is 0 Å². The molecule has 0 aliphatic rings. The van der Waals surface area contributed by atoms with Crippen LogP contribution in [0.5, 0.6) is 0 Å². The standard InChI is InChI=1S/C9H15N3O3/c1-12-8(6(4-10)5-13)3-7(11-12)9(14)15-2/h3,6,13H,4-5,10H2,1-2H3. The Hall–Kier alpha value is -1.40. The first kappa shape index (κ1) is 11.7. The number of carbonyl (C=O) groups excluding carboxylic acids is 1. The number of esters is 1. The maximum Gasteiger partial charge on any atom is 0.358 e. The molecule has 1 atom stereocenters. The molecule has 0 radical (unpaired) electrons. The molecule has 1 unspecified atom stereocenters. The lowest BCUT2D eigenvalue weighted by molar-refractivity contribution is 0.0593. The van der Waals surface area contributed by atoms with Crippen molar-refractivity contribution in [2.45, 2.75) is 5.92 Å². The molecule has 0 aromatic carbocycles. The van der Waals surface area contributed by atoms with Crippen molar-refractivity contribution in [3.05, 3.63) is 17.5 Å². The Balaban J connectivity index is 3.00. The van der Waals surface area contributed by atoms with Crippen LogP contribution in [0.1, 0.15) is 22.1 Å². The van der Waals surface area contributed by atoms with Gasteiger partial charge in [-0.05, 0) is 6.07 Å². The number of methoxy groups -OCH3 is 1. The Morgan fingerprint density at radius 1 is 1.80 bits per heavy atom. The quantitative estimate of drug-likeness (QED) is 0.642. The smallest absolute Gasteiger partial charge is 0.358 e. The summed E-state index contributed by atoms with van der Waals surface area (Å²) in [6.45, 7) is 0.229. The summed E-state index contributed by atoms with van der Waals surface area (Å²) in [6, 6.07) is 1.58. The Bertz CT molecular complexity index is 344. The van der Waals surface area contributed by atoms with E-state index < -0.39 is 5.97 Å². The Kier molecular flexibility index (Phi) is 3.81. The largest absolute Gasteiger partial charge is 0.464 e. The number of nitrogens with zero attached hydrogens (tertiary/aromatic N) is 2. The molecule has 1 aromatic heterocycles. The molecule has 0 spiro atoms. The second-order valence-corrected chi connectivity index (χ2v) is 3.18. The van der Waals surface area contributed by atoms with Crippen molar-refractivity contribution in [1.29, 1.82) is 0 Å². The van der Waals surface area contributed by atoms with E-state index in [1.165, 1.54) is 11.8 Å². The number of aliphatic hydroxyl groups excluding tert-OH is 1. The van der Waals surface area contributed by atoms with Gasteiger partial charge in [0.25, 0.3) is 0 Å². The predicted octanol–water partition coefficient (Wildman–Crippen LogP) is -0.759. The highest BCUT2D eigenvalue weighted by Gasteiger charge is 2.18. The lowest BCUT2D eigenvalue weighted by atomic mass is 10.1. The average molecular weight is 213 g/mol. The first-order valence-corrected chi connectivity index (χ1v) is 4.57. The summed E-state index contributed by atoms with van der Waals surface area (Å²) in [5.41, 5.74) is 6.43. The number of hydrogen-bond acceptors (Lipinski definition) is 5. The topological polar surface area (TPSA) is 90.4 Å². The van der Waals surface area contributed by atoms with Crippen molar-refractivity contribution in [3.8, 4) is 0 Å². The molecule has 15 heavy (non-hydrogen) atoms. The molecule has 0 fully saturated rings. The highest BCUT2D eigenvalue weighted by Crippen LogP contribution is 2.15. The molecule has 0 bridgehead atoms. The molecule has 0 saturated carbocycles. The maximum absolute atomic E-state index is 11.2. The van der Waals surface area contributed by atoms with Crippen LogP contribution in [0.15, 0.2) is 6.07 Å². The lowest BCUT2D eigenvalue weighted by Gasteiger charge is -2.10. The van der Waals surface area contributed by atoms with Crippen LogP contribution in [0, 0.1) is 0 Å². The normalized spacial score (nSPS) is 12.5. The molecule has 0 saturated heterocycles. The zero-order valence-electron chi connectivity index (χ0n) is 8.80. The van der Waals surface area contributed by atoms with E-state index in [1.54, 1.807) is 13.1 Å². The number of rotatable bonds is 4. The van der Waals surface area contributed by atoms with Gasteiger partial charge >= 0.3 is 5.97 Å². The van der Waals surface area contributed by atoms with Crippen LogP contribution in [0.2, 0.25) is 0 Å². The number of aromatic nitrogens is 2. The van der Waals surface area contributed by atoms with Crippen molar-refractivity contribution >= 4 is 5.97 Å². The molecule has 0 aliphatic carbocycles. The van der Waals surface area contributed by atoms with E-state index in [2.05, 4.69) is 9.84 Å². The summed E-state index contributed by atoms with van der Waals surface area (Å²) in [4.78, 5) is 11.2. The Labute approximate surface area is 87.6 Å². The fourth-order valence-electron chi connectivity index (χ4n) is 1.36. The van der Waals surface area contributed by atoms with Gasteiger partial charge in [0.2, 0.25) is 0 Å². The monoisotopic (exact) mass is 213 g/mol. The molecule has 1 rings (SSSR count). The zero-order chi connectivity index (χ0) is 11.4. The molecule has 0 aliphatic heterocycles. The molecule has 3 N–H and O–H groups in total. The molecule has 1 aromatic rings. The summed E-state index contributed by atoms with van der Waals surface area (Å²) in [6.07, 6.45) is 0. The fraction of sp³-hybridized carbons (Fsp3) is 0.556. The summed E-state index contributed by atoms with van der Waals surface area (Å²) >= 11 is 0. The van der Waals surface area contributed by atoms with Crippen LogP contribution < -0.4 is 5.73 Å². The van der Waals surface area contributed by atoms with Gasteiger partial charge in [-0.1, -0.05) is 0 Å². The van der Waals surface area contributed by atoms with Crippen molar-refractivity contribution in [1.82, 2.24) is 9.78 Å². The van der Waals surface area contributed by atoms with Gasteiger partial charge in [-0.3, -0.25) is 4.68 Å². The zero-order valence-corrected chi connectivity index (χ0v) is 8.80. The van der Waals surface area contributed by atoms with Gasteiger partial charge < -0.3 is 15.6 Å². The van der Waals surface area contributed by atoms with Crippen molar-refractivity contribution in [2.24, 2.45) is 12.8 Å². The SMILES string of the molecule is COC(=O)c1cc(C(CN)CO)n(C)n1. The predicted molar refractivity (Wildman–Crippen MR) is 53.4 cm³/mol. The molecular weight excluding hydrogens is 198 g/mol. The van der Waals surface area contributed by atoms with Gasteiger partial charge in [0.1, 0.15) is 0 Å². The van der Waals surface area contributed by atoms with Gasteiger partial charge in [-0.15, -0.1) is 0 Å². The minimum atomic E-state index is -0.495. The van der Waals surface area contributed by atoms with Crippen molar-refractivity contribution in [3.63, 3.8) is 0 Å². The maximum atomic E-state index is 11.2. The third kappa shape index (κ3) is 2.34. The van der Waals surface area contributed by atoms with Gasteiger partial charge in [0, 0.05) is 25.2 Å². The molecule has 0 amide bonds. The summed E-state index contributed by atoms with van der Waals surface area (Å²) < 4.78 is 6.07. The minimum absolute atomic E-state index is 0.0728. The van der Waals surface area contributed by atoms with E-state index in [9.17, 15) is 4.79 Å². The van der Waals surface area contributed by atoms with Gasteiger partial charge in [0.05, 0.1) is 13.7 Å². The third-order valence-electron chi connectivity index (χ3n) is 2.23. The van der Waals surface area contributed by atoms with E-state index in [-0.39, 0.29) is 18.2 Å². The van der Waals surface area contributed by atoms with E-state index >= 15 is 0 Å². The molecule has 1 heterocycles. The second kappa shape index (κ2) is 4.90. The molecule has 84 valence electrons. The van der Waals surface area contributed by atoms with E-state index in [0.717, 1.165) is 5.69 Å². The third-order valence-corrected chi connectivity index (χ3v) is 2.23. The number of nitrogens with two attached hydrogens (primary N) is 1. The first-order chi connectivity index (χ1) is 7.13. The van der Waals surface area contributed by atoms with E-state index in [1.807, 2.05) is 0 Å². The van der Waals surface area contributed by atoms with Crippen LogP contribution in [-0.2, 0) is 11.8 Å². The van der Waals surface area contributed by atoms with E-state index in [4.69, 9.17) is 10.8 Å². The Morgan fingerprint density at radius 3 is 2.93 bits per heavy atom. The number of ether oxygens (including phenoxy) is 1. The Morgan fingerprint density at radius 2 is 2.47 bits per heavy atom. The number of carbonyl (C=O) groups is 1. The van der Waals surface area contributed by atoms with Crippen LogP contribution >= 0.6 is 0 Å². The highest BCUT2D eigenvalue weighted by atomic mass is 16.5. The van der Waals surface area contributed by atoms with Gasteiger partial charge in [0.15, 0.2) is 5.69 Å². The van der Waals surface area contributed by atoms with Crippen LogP contribution in [0.25, 0.3) is 0 Å². The molecule has 6 nitrogen and oxygen atoms in total. The highest BCUT2D eigenvalue weighted by molar-refractivity contribution is 5.87. The summed E-state index contributed by atoms with van der Waals surface area (Å²) in [5, 5.41) is 13.0. The van der Waals surface area contributed by atoms with Gasteiger partial charge in [-0.2, -0.15) is 5.10 Å². The van der Waals surface area contributed by atoms with Crippen molar-refractivity contribution < 1.29 is 14.6 Å². The first-order valence-electron chi connectivity index (χ1n) is 4.57. The van der Waals surface area contributed by atoms with Crippen molar-refractivity contribution in [2.75, 3.05) is 20.3 Å². The second-order valence-electron chi connectivity index (χ2n) is 3.18. The summed E-state index contributed by atoms with van der Waals surface area (Å²) in [7, 11) is 2.99. The number of aliphatic hydroxyl groups is 1. The molecular formula is C9H15N3O3. The lowest BCUT2D eigenvalue weighted by Crippen LogP contribution is -2.18. The molecule has 6 heteroatoms. The van der Waals surface area contributed by atoms with Gasteiger partial charge in [-0.25, -0.2) is 4.79 Å². The minimum Gasteiger partial charge on any atom is -0.464 e. The number of hydrogen-bond donors (Lipinski definition) is 2. The number of aryl methyl sites for hydroxylation is 1.